The number of hydrogen-bond donors (Lipinski definition) is 2. The van der Waals surface area contributed by atoms with Crippen LogP contribution in [0.2, 0.25) is 0 Å². The lowest BCUT2D eigenvalue weighted by Crippen LogP contribution is -2.65. The lowest BCUT2D eigenvalue weighted by atomic mass is 9.45. The molecule has 3 aliphatic carbocycles. The first kappa shape index (κ1) is 12.4. The molecule has 2 fully saturated rings. The Morgan fingerprint density at radius 2 is 2.00 bits per heavy atom. The molecule has 0 bridgehead atoms. The van der Waals surface area contributed by atoms with Crippen molar-refractivity contribution in [1.29, 1.82) is 0 Å². The lowest BCUT2D eigenvalue weighted by molar-refractivity contribution is -0.193. The summed E-state index contributed by atoms with van der Waals surface area (Å²) in [7, 11) is 0. The van der Waals surface area contributed by atoms with Crippen LogP contribution in [0.25, 0.3) is 0 Å². The van der Waals surface area contributed by atoms with Crippen molar-refractivity contribution in [1.82, 2.24) is 0 Å². The summed E-state index contributed by atoms with van der Waals surface area (Å²) in [5, 5.41) is 21.4. The van der Waals surface area contributed by atoms with Gasteiger partial charge in [-0.15, -0.1) is 0 Å². The fourth-order valence-corrected chi connectivity index (χ4v) is 4.74. The van der Waals surface area contributed by atoms with Crippen LogP contribution in [0.5, 0.6) is 0 Å². The Morgan fingerprint density at radius 3 is 2.50 bits per heavy atom. The number of fused-ring (bicyclic) bond motifs is 3. The molecule has 5 atom stereocenters. The molecule has 100 valence electrons. The zero-order valence-electron chi connectivity index (χ0n) is 11.3. The molecular formula is C15H22O3. The van der Waals surface area contributed by atoms with Crippen LogP contribution in [-0.2, 0) is 4.79 Å². The van der Waals surface area contributed by atoms with E-state index in [1.54, 1.807) is 0 Å². The van der Waals surface area contributed by atoms with E-state index in [0.717, 1.165) is 19.1 Å². The molecule has 3 rings (SSSR count). The van der Waals surface area contributed by atoms with Crippen molar-refractivity contribution in [2.24, 2.45) is 22.7 Å². The van der Waals surface area contributed by atoms with E-state index in [2.05, 4.69) is 13.8 Å². The van der Waals surface area contributed by atoms with Crippen LogP contribution in [0.3, 0.4) is 0 Å². The van der Waals surface area contributed by atoms with Gasteiger partial charge < -0.3 is 10.2 Å². The maximum atomic E-state index is 11.2. The highest BCUT2D eigenvalue weighted by Crippen LogP contribution is 2.67. The van der Waals surface area contributed by atoms with Gasteiger partial charge in [0.25, 0.3) is 0 Å². The van der Waals surface area contributed by atoms with Crippen LogP contribution in [0, 0.1) is 22.7 Å². The Labute approximate surface area is 108 Å². The molecule has 0 heterocycles. The number of hydrogen-bond acceptors (Lipinski definition) is 3. The van der Waals surface area contributed by atoms with Crippen molar-refractivity contribution in [3.05, 3.63) is 11.6 Å². The van der Waals surface area contributed by atoms with E-state index >= 15 is 0 Å². The molecule has 0 saturated heterocycles. The molecule has 3 heteroatoms. The SMILES string of the molecule is CC1(C)CC2C=C(C=O)[C@]3(O)CC[C@]3(C)C2[C@H]1O. The first-order valence-electron chi connectivity index (χ1n) is 6.84. The smallest absolute Gasteiger partial charge is 0.148 e. The van der Waals surface area contributed by atoms with Crippen molar-refractivity contribution in [3.8, 4) is 0 Å². The molecule has 0 aromatic carbocycles. The van der Waals surface area contributed by atoms with E-state index in [1.807, 2.05) is 13.0 Å². The standard InChI is InChI=1S/C15H22O3/c1-13(2)7-9-6-10(8-16)15(18)5-4-14(15,3)11(9)12(13)17/h6,8-9,11-12,17-18H,4-5,7H2,1-3H3/t9?,11?,12-,14-,15-/m1/s1. The Morgan fingerprint density at radius 1 is 1.33 bits per heavy atom. The molecule has 0 aromatic rings. The minimum Gasteiger partial charge on any atom is -0.392 e. The number of carbonyl (C=O) groups is 1. The van der Waals surface area contributed by atoms with Crippen LogP contribution in [0.15, 0.2) is 11.6 Å². The zero-order chi connectivity index (χ0) is 13.3. The highest BCUT2D eigenvalue weighted by Gasteiger charge is 2.68. The molecule has 0 aromatic heterocycles. The van der Waals surface area contributed by atoms with Gasteiger partial charge in [-0.3, -0.25) is 4.79 Å². The first-order valence-corrected chi connectivity index (χ1v) is 6.84. The molecule has 0 spiro atoms. The van der Waals surface area contributed by atoms with Gasteiger partial charge in [-0.25, -0.2) is 0 Å². The Kier molecular flexibility index (Phi) is 2.24. The van der Waals surface area contributed by atoms with Gasteiger partial charge in [-0.2, -0.15) is 0 Å². The van der Waals surface area contributed by atoms with Gasteiger partial charge in [0.2, 0.25) is 0 Å². The van der Waals surface area contributed by atoms with Gasteiger partial charge in [-0.05, 0) is 30.6 Å². The van der Waals surface area contributed by atoms with Gasteiger partial charge in [0, 0.05) is 16.9 Å². The fraction of sp³-hybridized carbons (Fsp3) is 0.800. The average molecular weight is 250 g/mol. The Hall–Kier alpha value is -0.670. The summed E-state index contributed by atoms with van der Waals surface area (Å²) in [4.78, 5) is 11.2. The molecule has 3 nitrogen and oxygen atoms in total. The van der Waals surface area contributed by atoms with Gasteiger partial charge in [-0.1, -0.05) is 26.8 Å². The highest BCUT2D eigenvalue weighted by molar-refractivity contribution is 5.78. The number of allylic oxidation sites excluding steroid dienone is 1. The van der Waals surface area contributed by atoms with Crippen LogP contribution in [-0.4, -0.2) is 28.2 Å². The maximum absolute atomic E-state index is 11.2. The van der Waals surface area contributed by atoms with E-state index in [1.165, 1.54) is 0 Å². The average Bonchev–Trinajstić information content (AvgIpc) is 2.53. The van der Waals surface area contributed by atoms with Gasteiger partial charge in [0.15, 0.2) is 0 Å². The second kappa shape index (κ2) is 3.26. The van der Waals surface area contributed by atoms with E-state index in [0.29, 0.717) is 12.0 Å². The summed E-state index contributed by atoms with van der Waals surface area (Å²) in [6.45, 7) is 6.19. The molecule has 2 unspecified atom stereocenters. The largest absolute Gasteiger partial charge is 0.392 e. The molecule has 0 amide bonds. The molecule has 0 radical (unpaired) electrons. The zero-order valence-corrected chi connectivity index (χ0v) is 11.3. The van der Waals surface area contributed by atoms with Crippen molar-refractivity contribution in [2.45, 2.75) is 51.7 Å². The van der Waals surface area contributed by atoms with Gasteiger partial charge in [0.1, 0.15) is 6.29 Å². The second-order valence-corrected chi connectivity index (χ2v) is 7.34. The summed E-state index contributed by atoms with van der Waals surface area (Å²) in [5.41, 5.74) is -0.931. The summed E-state index contributed by atoms with van der Waals surface area (Å²) >= 11 is 0. The number of aliphatic hydroxyl groups is 2. The van der Waals surface area contributed by atoms with Crippen LogP contribution < -0.4 is 0 Å². The van der Waals surface area contributed by atoms with Gasteiger partial charge >= 0.3 is 0 Å². The predicted octanol–water partition coefficient (Wildman–Crippen LogP) is 1.68. The third-order valence-electron chi connectivity index (χ3n) is 6.05. The molecule has 2 N–H and O–H groups in total. The number of aliphatic hydroxyl groups excluding tert-OH is 1. The topological polar surface area (TPSA) is 57.5 Å². The van der Waals surface area contributed by atoms with Crippen molar-refractivity contribution in [3.63, 3.8) is 0 Å². The summed E-state index contributed by atoms with van der Waals surface area (Å²) < 4.78 is 0. The van der Waals surface area contributed by atoms with E-state index < -0.39 is 11.7 Å². The summed E-state index contributed by atoms with van der Waals surface area (Å²) in [5.74, 6) is 0.302. The Bertz CT molecular complexity index is 439. The summed E-state index contributed by atoms with van der Waals surface area (Å²) in [6, 6.07) is 0. The highest BCUT2D eigenvalue weighted by atomic mass is 16.3. The Balaban J connectivity index is 2.11. The molecule has 3 aliphatic rings. The number of carbonyl (C=O) groups excluding carboxylic acids is 1. The molecular weight excluding hydrogens is 228 g/mol. The van der Waals surface area contributed by atoms with E-state index in [4.69, 9.17) is 0 Å². The first-order chi connectivity index (χ1) is 8.26. The minimum atomic E-state index is -1.00. The molecule has 0 aliphatic heterocycles. The van der Waals surface area contributed by atoms with Gasteiger partial charge in [0.05, 0.1) is 11.7 Å². The minimum absolute atomic E-state index is 0.0787. The maximum Gasteiger partial charge on any atom is 0.148 e. The normalized spacial score (nSPS) is 52.9. The third kappa shape index (κ3) is 1.15. The van der Waals surface area contributed by atoms with Crippen LogP contribution in [0.4, 0.5) is 0 Å². The van der Waals surface area contributed by atoms with Crippen molar-refractivity contribution in [2.75, 3.05) is 0 Å². The number of aldehydes is 1. The fourth-order valence-electron chi connectivity index (χ4n) is 4.74. The quantitative estimate of drug-likeness (QED) is 0.696. The second-order valence-electron chi connectivity index (χ2n) is 7.34. The molecule has 2 saturated carbocycles. The van der Waals surface area contributed by atoms with Crippen LogP contribution in [0.1, 0.15) is 40.0 Å². The lowest BCUT2D eigenvalue weighted by Gasteiger charge is -2.62. The van der Waals surface area contributed by atoms with Crippen LogP contribution >= 0.6 is 0 Å². The van der Waals surface area contributed by atoms with E-state index in [-0.39, 0.29) is 22.7 Å². The third-order valence-corrected chi connectivity index (χ3v) is 6.05. The van der Waals surface area contributed by atoms with Crippen molar-refractivity contribution < 1.29 is 15.0 Å². The van der Waals surface area contributed by atoms with Crippen molar-refractivity contribution >= 4 is 6.29 Å². The number of rotatable bonds is 1. The molecule has 18 heavy (non-hydrogen) atoms. The monoisotopic (exact) mass is 250 g/mol. The summed E-state index contributed by atoms with van der Waals surface area (Å²) in [6.07, 6.45) is 4.76. The van der Waals surface area contributed by atoms with E-state index in [9.17, 15) is 15.0 Å². The predicted molar refractivity (Wildman–Crippen MR) is 67.8 cm³/mol.